The van der Waals surface area contributed by atoms with Crippen LogP contribution in [-0.4, -0.2) is 17.4 Å². The maximum Gasteiger partial charge on any atom is 0.106 e. The second-order valence-electron chi connectivity index (χ2n) is 4.58. The van der Waals surface area contributed by atoms with E-state index in [2.05, 4.69) is 13.8 Å². The summed E-state index contributed by atoms with van der Waals surface area (Å²) in [6.45, 7) is 6.18. The van der Waals surface area contributed by atoms with Crippen LogP contribution in [0.3, 0.4) is 0 Å². The van der Waals surface area contributed by atoms with Gasteiger partial charge in [-0.25, -0.2) is 4.39 Å². The molecule has 13 heavy (non-hydrogen) atoms. The predicted octanol–water partition coefficient (Wildman–Crippen LogP) is 2.78. The van der Waals surface area contributed by atoms with Crippen molar-refractivity contribution in [1.82, 2.24) is 0 Å². The van der Waals surface area contributed by atoms with E-state index in [9.17, 15) is 9.50 Å². The Morgan fingerprint density at radius 3 is 2.38 bits per heavy atom. The summed E-state index contributed by atoms with van der Waals surface area (Å²) in [5, 5.41) is 9.62. The molecule has 1 rings (SSSR count). The minimum absolute atomic E-state index is 0.115. The molecule has 78 valence electrons. The maximum atomic E-state index is 13.5. The largest absolute Gasteiger partial charge is 0.393 e. The van der Waals surface area contributed by atoms with Crippen LogP contribution in [0.2, 0.25) is 0 Å². The third-order valence-electron chi connectivity index (χ3n) is 3.59. The maximum absolute atomic E-state index is 13.5. The fourth-order valence-corrected chi connectivity index (χ4v) is 2.27. The lowest BCUT2D eigenvalue weighted by molar-refractivity contribution is -0.00272. The van der Waals surface area contributed by atoms with Gasteiger partial charge in [-0.15, -0.1) is 0 Å². The molecule has 1 saturated carbocycles. The van der Waals surface area contributed by atoms with Gasteiger partial charge in [-0.3, -0.25) is 0 Å². The van der Waals surface area contributed by atoms with E-state index in [1.165, 1.54) is 0 Å². The summed E-state index contributed by atoms with van der Waals surface area (Å²) < 4.78 is 13.5. The first-order valence-electron chi connectivity index (χ1n) is 5.38. The van der Waals surface area contributed by atoms with Crippen molar-refractivity contribution in [2.45, 2.75) is 52.3 Å². The molecular weight excluding hydrogens is 167 g/mol. The zero-order chi connectivity index (χ0) is 10.0. The van der Waals surface area contributed by atoms with Gasteiger partial charge in [0.05, 0.1) is 6.10 Å². The zero-order valence-electron chi connectivity index (χ0n) is 8.83. The van der Waals surface area contributed by atoms with E-state index in [1.807, 2.05) is 6.92 Å². The van der Waals surface area contributed by atoms with E-state index < -0.39 is 12.3 Å². The molecule has 1 fully saturated rings. The average molecular weight is 188 g/mol. The fourth-order valence-electron chi connectivity index (χ4n) is 2.27. The summed E-state index contributed by atoms with van der Waals surface area (Å²) in [7, 11) is 0. The first-order chi connectivity index (χ1) is 6.06. The van der Waals surface area contributed by atoms with Gasteiger partial charge in [-0.2, -0.15) is 0 Å². The van der Waals surface area contributed by atoms with Gasteiger partial charge in [0, 0.05) is 5.92 Å². The molecule has 0 aromatic heterocycles. The van der Waals surface area contributed by atoms with Crippen molar-refractivity contribution in [2.75, 3.05) is 0 Å². The van der Waals surface area contributed by atoms with Crippen molar-refractivity contribution < 1.29 is 9.50 Å². The van der Waals surface area contributed by atoms with Crippen LogP contribution < -0.4 is 0 Å². The summed E-state index contributed by atoms with van der Waals surface area (Å²) in [4.78, 5) is 0. The van der Waals surface area contributed by atoms with Crippen molar-refractivity contribution in [1.29, 1.82) is 0 Å². The highest BCUT2D eigenvalue weighted by atomic mass is 19.1. The number of hydrogen-bond acceptors (Lipinski definition) is 1. The van der Waals surface area contributed by atoms with Crippen molar-refractivity contribution in [3.05, 3.63) is 0 Å². The molecule has 0 radical (unpaired) electrons. The lowest BCUT2D eigenvalue weighted by Crippen LogP contribution is -2.37. The smallest absolute Gasteiger partial charge is 0.106 e. The molecule has 1 aliphatic carbocycles. The van der Waals surface area contributed by atoms with E-state index >= 15 is 0 Å². The number of alkyl halides is 1. The highest BCUT2D eigenvalue weighted by Gasteiger charge is 2.36. The Hall–Kier alpha value is -0.110. The number of hydrogen-bond donors (Lipinski definition) is 1. The first kappa shape index (κ1) is 11.0. The average Bonchev–Trinajstić information content (AvgIpc) is 2.10. The van der Waals surface area contributed by atoms with Gasteiger partial charge >= 0.3 is 0 Å². The van der Waals surface area contributed by atoms with Crippen molar-refractivity contribution in [3.63, 3.8) is 0 Å². The number of halogens is 1. The monoisotopic (exact) mass is 188 g/mol. The summed E-state index contributed by atoms with van der Waals surface area (Å²) in [6.07, 6.45) is 0.915. The van der Waals surface area contributed by atoms with Gasteiger partial charge in [-0.05, 0) is 31.1 Å². The Labute approximate surface area is 80.3 Å². The normalized spacial score (nSPS) is 43.2. The first-order valence-corrected chi connectivity index (χ1v) is 5.38. The van der Waals surface area contributed by atoms with Crippen LogP contribution in [0, 0.1) is 17.8 Å². The quantitative estimate of drug-likeness (QED) is 0.706. The van der Waals surface area contributed by atoms with Crippen LogP contribution >= 0.6 is 0 Å². The molecule has 1 nitrogen and oxygen atoms in total. The number of aliphatic hydroxyl groups is 1. The van der Waals surface area contributed by atoms with Gasteiger partial charge < -0.3 is 5.11 Å². The highest BCUT2D eigenvalue weighted by molar-refractivity contribution is 4.85. The molecule has 0 heterocycles. The third kappa shape index (κ3) is 2.43. The SMILES string of the molecule is CC[C@H](O)C1C[C@H](C)[C@H](C)CC1F. The summed E-state index contributed by atoms with van der Waals surface area (Å²) >= 11 is 0. The van der Waals surface area contributed by atoms with E-state index in [0.29, 0.717) is 24.7 Å². The van der Waals surface area contributed by atoms with Crippen LogP contribution in [-0.2, 0) is 0 Å². The molecule has 0 amide bonds. The molecule has 5 atom stereocenters. The van der Waals surface area contributed by atoms with Gasteiger partial charge in [-0.1, -0.05) is 20.8 Å². The van der Waals surface area contributed by atoms with Gasteiger partial charge in [0.15, 0.2) is 0 Å². The van der Waals surface area contributed by atoms with E-state index in [4.69, 9.17) is 0 Å². The van der Waals surface area contributed by atoms with E-state index in [-0.39, 0.29) is 5.92 Å². The fraction of sp³-hybridized carbons (Fsp3) is 1.00. The molecule has 1 aliphatic rings. The van der Waals surface area contributed by atoms with E-state index in [1.54, 1.807) is 0 Å². The molecule has 2 heteroatoms. The second-order valence-corrected chi connectivity index (χ2v) is 4.58. The summed E-state index contributed by atoms with van der Waals surface area (Å²) in [5.74, 6) is 0.907. The van der Waals surface area contributed by atoms with Crippen molar-refractivity contribution >= 4 is 0 Å². The molecule has 0 aliphatic heterocycles. The molecule has 0 aromatic carbocycles. The van der Waals surface area contributed by atoms with Gasteiger partial charge in [0.2, 0.25) is 0 Å². The van der Waals surface area contributed by atoms with Crippen LogP contribution in [0.4, 0.5) is 4.39 Å². The standard InChI is InChI=1S/C11H21FO/c1-4-11(13)9-5-7(2)8(3)6-10(9)12/h7-11,13H,4-6H2,1-3H3/t7-,8+,9?,10?,11-/m0/s1. The zero-order valence-corrected chi connectivity index (χ0v) is 8.83. The topological polar surface area (TPSA) is 20.2 Å². The van der Waals surface area contributed by atoms with Crippen LogP contribution in [0.1, 0.15) is 40.0 Å². The Balaban J connectivity index is 2.55. The Kier molecular flexibility index (Phi) is 3.72. The molecule has 0 saturated heterocycles. The molecule has 0 bridgehead atoms. The molecule has 0 spiro atoms. The predicted molar refractivity (Wildman–Crippen MR) is 52.2 cm³/mol. The van der Waals surface area contributed by atoms with Crippen molar-refractivity contribution in [2.24, 2.45) is 17.8 Å². The lowest BCUT2D eigenvalue weighted by Gasteiger charge is -2.37. The molecule has 0 aromatic rings. The molecule has 1 N–H and O–H groups in total. The van der Waals surface area contributed by atoms with Crippen LogP contribution in [0.15, 0.2) is 0 Å². The Morgan fingerprint density at radius 1 is 1.31 bits per heavy atom. The lowest BCUT2D eigenvalue weighted by atomic mass is 9.72. The van der Waals surface area contributed by atoms with Crippen LogP contribution in [0.5, 0.6) is 0 Å². The number of rotatable bonds is 2. The molecular formula is C11H21FO. The number of aliphatic hydroxyl groups excluding tert-OH is 1. The minimum atomic E-state index is -0.791. The van der Waals surface area contributed by atoms with Crippen molar-refractivity contribution in [3.8, 4) is 0 Å². The van der Waals surface area contributed by atoms with Crippen LogP contribution in [0.25, 0.3) is 0 Å². The third-order valence-corrected chi connectivity index (χ3v) is 3.59. The Bertz CT molecular complexity index is 160. The minimum Gasteiger partial charge on any atom is -0.393 e. The Morgan fingerprint density at radius 2 is 1.85 bits per heavy atom. The summed E-state index contributed by atoms with van der Waals surface area (Å²) in [5.41, 5.74) is 0. The summed E-state index contributed by atoms with van der Waals surface area (Å²) in [6, 6.07) is 0. The van der Waals surface area contributed by atoms with E-state index in [0.717, 1.165) is 6.42 Å². The highest BCUT2D eigenvalue weighted by Crippen LogP contribution is 2.37. The second kappa shape index (κ2) is 4.41. The molecule has 2 unspecified atom stereocenters. The van der Waals surface area contributed by atoms with Gasteiger partial charge in [0.25, 0.3) is 0 Å². The van der Waals surface area contributed by atoms with Gasteiger partial charge in [0.1, 0.15) is 6.17 Å².